The van der Waals surface area contributed by atoms with Crippen molar-refractivity contribution in [2.24, 2.45) is 0 Å². The molecule has 0 aromatic heterocycles. The average molecular weight is 167 g/mol. The molecule has 0 bridgehead atoms. The van der Waals surface area contributed by atoms with Crippen LogP contribution in [0.25, 0.3) is 0 Å². The van der Waals surface area contributed by atoms with E-state index in [0.717, 1.165) is 0 Å². The number of nitrogens with zero attached hydrogens (tertiary/aromatic N) is 1. The van der Waals surface area contributed by atoms with Crippen LogP contribution in [0.2, 0.25) is 0 Å². The zero-order valence-electron chi connectivity index (χ0n) is 6.60. The molecule has 0 heterocycles. The van der Waals surface area contributed by atoms with Crippen LogP contribution in [0, 0.1) is 10.1 Å². The van der Waals surface area contributed by atoms with Gasteiger partial charge in [-0.3, -0.25) is 10.1 Å². The molecule has 0 saturated carbocycles. The van der Waals surface area contributed by atoms with E-state index >= 15 is 0 Å². The minimum absolute atomic E-state index is 0.00778. The molecule has 12 heavy (non-hydrogen) atoms. The third-order valence-electron chi connectivity index (χ3n) is 1.65. The fourth-order valence-electron chi connectivity index (χ4n) is 0.973. The summed E-state index contributed by atoms with van der Waals surface area (Å²) in [5.74, 6) is 0. The Morgan fingerprint density at radius 2 is 2.42 bits per heavy atom. The molecule has 1 unspecified atom stereocenters. The fourth-order valence-corrected chi connectivity index (χ4v) is 0.973. The molecule has 0 fully saturated rings. The summed E-state index contributed by atoms with van der Waals surface area (Å²) >= 11 is 0. The van der Waals surface area contributed by atoms with Crippen LogP contribution < -0.4 is 0 Å². The fraction of sp³-hybridized carbons (Fsp3) is 0.250. The molecule has 0 aromatic rings. The molecule has 0 aliphatic heterocycles. The molecular weight excluding hydrogens is 158 g/mol. The van der Waals surface area contributed by atoms with Crippen LogP contribution in [-0.2, 0) is 0 Å². The first-order chi connectivity index (χ1) is 5.65. The van der Waals surface area contributed by atoms with Gasteiger partial charge in [0.2, 0.25) is 0 Å². The van der Waals surface area contributed by atoms with Crippen LogP contribution in [0.1, 0.15) is 6.92 Å². The van der Waals surface area contributed by atoms with Crippen LogP contribution in [0.15, 0.2) is 35.6 Å². The third kappa shape index (κ3) is 1.60. The summed E-state index contributed by atoms with van der Waals surface area (Å²) in [6.07, 6.45) is 5.01. The highest BCUT2D eigenvalue weighted by molar-refractivity contribution is 5.36. The molecule has 4 heteroatoms. The van der Waals surface area contributed by atoms with E-state index in [4.69, 9.17) is 0 Å². The lowest BCUT2D eigenvalue weighted by Crippen LogP contribution is -2.11. The van der Waals surface area contributed by atoms with E-state index in [1.165, 1.54) is 18.2 Å². The van der Waals surface area contributed by atoms with Crippen molar-refractivity contribution in [1.29, 1.82) is 0 Å². The maximum Gasteiger partial charge on any atom is 0.269 e. The maximum absolute atomic E-state index is 10.3. The Bertz CT molecular complexity index is 289. The minimum Gasteiger partial charge on any atom is -0.384 e. The molecule has 1 atom stereocenters. The van der Waals surface area contributed by atoms with Crippen LogP contribution >= 0.6 is 0 Å². The van der Waals surface area contributed by atoms with Crippen molar-refractivity contribution >= 4 is 0 Å². The SMILES string of the molecule is CC=C1C=C([N+](=O)[O-])C=CC1O. The molecule has 0 saturated heterocycles. The summed E-state index contributed by atoms with van der Waals surface area (Å²) in [5.41, 5.74) is 0.567. The number of hydrogen-bond donors (Lipinski definition) is 1. The molecule has 0 spiro atoms. The van der Waals surface area contributed by atoms with Crippen LogP contribution in [0.4, 0.5) is 0 Å². The summed E-state index contributed by atoms with van der Waals surface area (Å²) < 4.78 is 0. The van der Waals surface area contributed by atoms with Crippen LogP contribution in [0.5, 0.6) is 0 Å². The van der Waals surface area contributed by atoms with Crippen molar-refractivity contribution in [3.63, 3.8) is 0 Å². The third-order valence-corrected chi connectivity index (χ3v) is 1.65. The topological polar surface area (TPSA) is 63.4 Å². The van der Waals surface area contributed by atoms with Gasteiger partial charge in [-0.1, -0.05) is 6.08 Å². The Kier molecular flexibility index (Phi) is 2.40. The largest absolute Gasteiger partial charge is 0.384 e. The lowest BCUT2D eigenvalue weighted by Gasteiger charge is -2.09. The monoisotopic (exact) mass is 167 g/mol. The van der Waals surface area contributed by atoms with Gasteiger partial charge in [-0.05, 0) is 18.6 Å². The summed E-state index contributed by atoms with van der Waals surface area (Å²) in [6, 6.07) is 0. The van der Waals surface area contributed by atoms with Crippen molar-refractivity contribution in [3.05, 3.63) is 45.7 Å². The standard InChI is InChI=1S/C8H9NO3/c1-2-6-5-7(9(11)12)3-4-8(6)10/h2-5,8,10H,1H3. The summed E-state index contributed by atoms with van der Waals surface area (Å²) in [7, 11) is 0. The van der Waals surface area contributed by atoms with Gasteiger partial charge in [0.1, 0.15) is 0 Å². The number of hydrogen-bond acceptors (Lipinski definition) is 3. The van der Waals surface area contributed by atoms with E-state index in [-0.39, 0.29) is 5.70 Å². The van der Waals surface area contributed by atoms with Gasteiger partial charge >= 0.3 is 0 Å². The number of aliphatic hydroxyl groups is 1. The summed E-state index contributed by atoms with van der Waals surface area (Å²) in [5, 5.41) is 19.5. The molecule has 0 aromatic carbocycles. The van der Waals surface area contributed by atoms with Crippen LogP contribution in [0.3, 0.4) is 0 Å². The predicted octanol–water partition coefficient (Wildman–Crippen LogP) is 1.02. The Labute approximate surface area is 69.7 Å². The molecule has 0 radical (unpaired) electrons. The smallest absolute Gasteiger partial charge is 0.269 e. The van der Waals surface area contributed by atoms with E-state index < -0.39 is 11.0 Å². The molecule has 64 valence electrons. The highest BCUT2D eigenvalue weighted by atomic mass is 16.6. The van der Waals surface area contributed by atoms with Crippen LogP contribution in [-0.4, -0.2) is 16.1 Å². The van der Waals surface area contributed by atoms with Gasteiger partial charge in [-0.25, -0.2) is 0 Å². The van der Waals surface area contributed by atoms with E-state index in [0.29, 0.717) is 5.57 Å². The van der Waals surface area contributed by atoms with E-state index in [1.54, 1.807) is 13.0 Å². The van der Waals surface area contributed by atoms with Crippen molar-refractivity contribution in [2.45, 2.75) is 13.0 Å². The first-order valence-electron chi connectivity index (χ1n) is 3.53. The molecule has 1 rings (SSSR count). The van der Waals surface area contributed by atoms with Gasteiger partial charge in [0.25, 0.3) is 5.70 Å². The predicted molar refractivity (Wildman–Crippen MR) is 44.0 cm³/mol. The molecular formula is C8H9NO3. The number of allylic oxidation sites excluding steroid dienone is 2. The van der Waals surface area contributed by atoms with Gasteiger partial charge in [-0.15, -0.1) is 0 Å². The Morgan fingerprint density at radius 1 is 1.75 bits per heavy atom. The molecule has 1 aliphatic rings. The van der Waals surface area contributed by atoms with Crippen molar-refractivity contribution in [2.75, 3.05) is 0 Å². The quantitative estimate of drug-likeness (QED) is 0.468. The first kappa shape index (κ1) is 8.67. The highest BCUT2D eigenvalue weighted by Gasteiger charge is 2.16. The number of nitro groups is 1. The first-order valence-corrected chi connectivity index (χ1v) is 3.53. The van der Waals surface area contributed by atoms with Gasteiger partial charge in [-0.2, -0.15) is 0 Å². The van der Waals surface area contributed by atoms with Gasteiger partial charge in [0.05, 0.1) is 11.0 Å². The second kappa shape index (κ2) is 3.32. The molecule has 0 amide bonds. The molecule has 1 N–H and O–H groups in total. The number of aliphatic hydroxyl groups excluding tert-OH is 1. The van der Waals surface area contributed by atoms with Gasteiger partial charge in [0, 0.05) is 12.2 Å². The zero-order valence-corrected chi connectivity index (χ0v) is 6.60. The Balaban J connectivity index is 2.96. The second-order valence-electron chi connectivity index (χ2n) is 2.42. The van der Waals surface area contributed by atoms with Crippen molar-refractivity contribution < 1.29 is 10.0 Å². The van der Waals surface area contributed by atoms with Crippen molar-refractivity contribution in [3.8, 4) is 0 Å². The highest BCUT2D eigenvalue weighted by Crippen LogP contribution is 2.16. The minimum atomic E-state index is -0.710. The average Bonchev–Trinajstić information content (AvgIpc) is 2.05. The Morgan fingerprint density at radius 3 is 2.92 bits per heavy atom. The van der Waals surface area contributed by atoms with E-state index in [1.807, 2.05) is 0 Å². The molecule has 4 nitrogen and oxygen atoms in total. The summed E-state index contributed by atoms with van der Waals surface area (Å²) in [6.45, 7) is 1.73. The van der Waals surface area contributed by atoms with Gasteiger partial charge < -0.3 is 5.11 Å². The van der Waals surface area contributed by atoms with E-state index in [9.17, 15) is 15.2 Å². The number of rotatable bonds is 1. The normalized spacial score (nSPS) is 25.7. The molecule has 1 aliphatic carbocycles. The maximum atomic E-state index is 10.3. The second-order valence-corrected chi connectivity index (χ2v) is 2.42. The van der Waals surface area contributed by atoms with Gasteiger partial charge in [0.15, 0.2) is 0 Å². The van der Waals surface area contributed by atoms with E-state index in [2.05, 4.69) is 0 Å². The summed E-state index contributed by atoms with van der Waals surface area (Å²) in [4.78, 5) is 9.82. The lowest BCUT2D eigenvalue weighted by atomic mass is 10.0. The Hall–Kier alpha value is -1.42. The lowest BCUT2D eigenvalue weighted by molar-refractivity contribution is -0.419. The van der Waals surface area contributed by atoms with Crippen molar-refractivity contribution in [1.82, 2.24) is 0 Å². The zero-order chi connectivity index (χ0) is 9.14.